The third kappa shape index (κ3) is 10.4. The molecule has 0 aromatic heterocycles. The number of aliphatic hydroxyl groups excluding tert-OH is 1. The maximum atomic E-state index is 14.3. The van der Waals surface area contributed by atoms with Gasteiger partial charge in [-0.3, -0.25) is 9.59 Å². The maximum Gasteiger partial charge on any atom is 0.416 e. The first-order chi connectivity index (χ1) is 23.8. The number of rotatable bonds is 7. The molecule has 0 saturated carbocycles. The average molecular weight is 699 g/mol. The van der Waals surface area contributed by atoms with E-state index >= 15 is 0 Å². The molecule has 0 spiro atoms. The van der Waals surface area contributed by atoms with E-state index in [1.807, 2.05) is 19.9 Å². The molecule has 0 aliphatic carbocycles. The minimum atomic E-state index is -4.49. The van der Waals surface area contributed by atoms with E-state index in [9.17, 15) is 32.7 Å². The number of alkyl halides is 3. The van der Waals surface area contributed by atoms with Crippen molar-refractivity contribution < 1.29 is 42.1 Å². The van der Waals surface area contributed by atoms with Gasteiger partial charge < -0.3 is 35.0 Å². The zero-order chi connectivity index (χ0) is 36.4. The first kappa shape index (κ1) is 38.2. The van der Waals surface area contributed by atoms with Crippen molar-refractivity contribution in [1.82, 2.24) is 9.80 Å². The number of likely N-dealkylation sites (N-methyl/N-ethyl adjacent to an activating group) is 1. The maximum absolute atomic E-state index is 14.3. The highest BCUT2D eigenvalue weighted by atomic mass is 19.4. The van der Waals surface area contributed by atoms with Crippen LogP contribution in [-0.2, 0) is 10.9 Å². The quantitative estimate of drug-likeness (QED) is 0.247. The Kier molecular flexibility index (Phi) is 13.3. The fraction of sp³-hybridized carbons (Fsp3) is 0.432. The fourth-order valence-corrected chi connectivity index (χ4v) is 5.57. The summed E-state index contributed by atoms with van der Waals surface area (Å²) in [4.78, 5) is 43.2. The Morgan fingerprint density at radius 1 is 1.00 bits per heavy atom. The summed E-state index contributed by atoms with van der Waals surface area (Å²) in [5, 5.41) is 15.7. The van der Waals surface area contributed by atoms with E-state index < -0.39 is 35.8 Å². The average Bonchev–Trinajstić information content (AvgIpc) is 3.09. The molecule has 13 heteroatoms. The topological polar surface area (TPSA) is 120 Å². The van der Waals surface area contributed by atoms with Crippen molar-refractivity contribution in [2.24, 2.45) is 5.92 Å². The molecule has 4 amide bonds. The van der Waals surface area contributed by atoms with Gasteiger partial charge in [0, 0.05) is 49.6 Å². The van der Waals surface area contributed by atoms with Crippen LogP contribution >= 0.6 is 0 Å². The van der Waals surface area contributed by atoms with E-state index in [1.54, 1.807) is 56.4 Å². The molecule has 0 unspecified atom stereocenters. The van der Waals surface area contributed by atoms with Crippen molar-refractivity contribution in [1.29, 1.82) is 0 Å². The lowest BCUT2D eigenvalue weighted by molar-refractivity contribution is -0.137. The first-order valence-electron chi connectivity index (χ1n) is 16.7. The SMILES string of the molecule is C[C@@H]1CN([C@@H](C)CO)C(=O)c2cc(NC(=O)c3ccccc3)ccc2O[C@@H](C)CCCCO[C@@H]1CN(C)C(=O)Nc1ccc(C(F)(F)F)cc1. The number of nitrogens with one attached hydrogen (secondary N) is 2. The number of fused-ring (bicyclic) bond motifs is 1. The fourth-order valence-electron chi connectivity index (χ4n) is 5.57. The number of carbonyl (C=O) groups is 3. The number of hydrogen-bond acceptors (Lipinski definition) is 6. The van der Waals surface area contributed by atoms with Crippen molar-refractivity contribution in [3.63, 3.8) is 0 Å². The Morgan fingerprint density at radius 2 is 1.68 bits per heavy atom. The van der Waals surface area contributed by atoms with Gasteiger partial charge in [-0.25, -0.2) is 4.79 Å². The van der Waals surface area contributed by atoms with E-state index in [-0.39, 0.29) is 48.9 Å². The molecule has 270 valence electrons. The van der Waals surface area contributed by atoms with Crippen LogP contribution in [0, 0.1) is 5.92 Å². The summed E-state index contributed by atoms with van der Waals surface area (Å²) in [7, 11) is 1.56. The van der Waals surface area contributed by atoms with Gasteiger partial charge in [-0.2, -0.15) is 13.2 Å². The predicted molar refractivity (Wildman–Crippen MR) is 184 cm³/mol. The molecule has 10 nitrogen and oxygen atoms in total. The van der Waals surface area contributed by atoms with Crippen molar-refractivity contribution >= 4 is 29.2 Å². The number of halogens is 3. The highest BCUT2D eigenvalue weighted by Crippen LogP contribution is 2.31. The van der Waals surface area contributed by atoms with Gasteiger partial charge in [0.1, 0.15) is 5.75 Å². The molecule has 1 heterocycles. The number of hydrogen-bond donors (Lipinski definition) is 3. The number of benzene rings is 3. The molecular weight excluding hydrogens is 653 g/mol. The molecule has 4 rings (SSSR count). The van der Waals surface area contributed by atoms with Gasteiger partial charge in [0.25, 0.3) is 11.8 Å². The number of ether oxygens (including phenoxy) is 2. The van der Waals surface area contributed by atoms with Crippen LogP contribution in [0.1, 0.15) is 66.3 Å². The zero-order valence-electron chi connectivity index (χ0n) is 28.7. The summed E-state index contributed by atoms with van der Waals surface area (Å²) < 4.78 is 51.5. The summed E-state index contributed by atoms with van der Waals surface area (Å²) in [5.74, 6) is -0.733. The molecule has 3 aromatic carbocycles. The standard InChI is InChI=1S/C37H45F3N4O6/c1-24-21-44(25(2)23-45)35(47)31-20-30(41-34(46)27-11-6-5-7-12-27)17-18-32(31)50-26(3)10-8-9-19-49-33(24)22-43(4)36(48)42-29-15-13-28(14-16-29)37(38,39)40/h5-7,11-18,20,24-26,33,45H,8-10,19,21-23H2,1-4H3,(H,41,46)(H,42,48)/t24-,25+,26+,33-/m1/s1. The van der Waals surface area contributed by atoms with Crippen molar-refractivity contribution in [3.05, 3.63) is 89.5 Å². The Labute approximate surface area is 290 Å². The third-order valence-corrected chi connectivity index (χ3v) is 8.61. The van der Waals surface area contributed by atoms with Gasteiger partial charge in [-0.15, -0.1) is 0 Å². The molecule has 1 aliphatic rings. The van der Waals surface area contributed by atoms with Crippen LogP contribution in [0.25, 0.3) is 0 Å². The lowest BCUT2D eigenvalue weighted by atomic mass is 10.0. The van der Waals surface area contributed by atoms with Crippen LogP contribution in [0.5, 0.6) is 5.75 Å². The number of amides is 4. The minimum absolute atomic E-state index is 0.120. The Bertz CT molecular complexity index is 1590. The van der Waals surface area contributed by atoms with E-state index in [2.05, 4.69) is 10.6 Å². The lowest BCUT2D eigenvalue weighted by Gasteiger charge is -2.35. The number of aliphatic hydroxyl groups is 1. The summed E-state index contributed by atoms with van der Waals surface area (Å²) in [5.41, 5.74) is 0.460. The van der Waals surface area contributed by atoms with E-state index in [4.69, 9.17) is 9.47 Å². The third-order valence-electron chi connectivity index (χ3n) is 8.61. The Hall–Kier alpha value is -4.62. The predicted octanol–water partition coefficient (Wildman–Crippen LogP) is 6.92. The molecule has 0 radical (unpaired) electrons. The normalized spacial score (nSPS) is 19.7. The van der Waals surface area contributed by atoms with Crippen LogP contribution in [0.15, 0.2) is 72.8 Å². The molecule has 3 N–H and O–H groups in total. The molecule has 50 heavy (non-hydrogen) atoms. The van der Waals surface area contributed by atoms with Crippen LogP contribution in [0.3, 0.4) is 0 Å². The summed E-state index contributed by atoms with van der Waals surface area (Å²) in [6.07, 6.45) is -3.11. The van der Waals surface area contributed by atoms with E-state index in [0.29, 0.717) is 36.4 Å². The number of carbonyl (C=O) groups excluding carboxylic acids is 3. The molecule has 1 aliphatic heterocycles. The van der Waals surface area contributed by atoms with Gasteiger partial charge in [-0.1, -0.05) is 25.1 Å². The second-order valence-electron chi connectivity index (χ2n) is 12.7. The highest BCUT2D eigenvalue weighted by Gasteiger charge is 2.32. The first-order valence-corrected chi connectivity index (χ1v) is 16.7. The molecule has 0 saturated heterocycles. The molecule has 0 bridgehead atoms. The van der Waals surface area contributed by atoms with Crippen LogP contribution in [-0.4, -0.2) is 84.4 Å². The molecule has 3 aromatic rings. The highest BCUT2D eigenvalue weighted by molar-refractivity contribution is 6.05. The number of anilines is 2. The molecular formula is C37H45F3N4O6. The molecule has 4 atom stereocenters. The van der Waals surface area contributed by atoms with Crippen molar-refractivity contribution in [3.8, 4) is 5.75 Å². The number of nitrogens with zero attached hydrogens (tertiary/aromatic N) is 2. The monoisotopic (exact) mass is 698 g/mol. The van der Waals surface area contributed by atoms with Crippen LogP contribution in [0.2, 0.25) is 0 Å². The van der Waals surface area contributed by atoms with Crippen molar-refractivity contribution in [2.45, 2.75) is 64.5 Å². The second kappa shape index (κ2) is 17.3. The van der Waals surface area contributed by atoms with Crippen molar-refractivity contribution in [2.75, 3.05) is 44.0 Å². The zero-order valence-corrected chi connectivity index (χ0v) is 28.7. The summed E-state index contributed by atoms with van der Waals surface area (Å²) in [6.45, 7) is 5.85. The summed E-state index contributed by atoms with van der Waals surface area (Å²) >= 11 is 0. The van der Waals surface area contributed by atoms with Gasteiger partial charge in [0.2, 0.25) is 0 Å². The minimum Gasteiger partial charge on any atom is -0.490 e. The van der Waals surface area contributed by atoms with E-state index in [1.165, 1.54) is 21.9 Å². The number of urea groups is 1. The second-order valence-corrected chi connectivity index (χ2v) is 12.7. The van der Waals surface area contributed by atoms with Gasteiger partial charge in [0.05, 0.1) is 36.0 Å². The van der Waals surface area contributed by atoms with Gasteiger partial charge >= 0.3 is 12.2 Å². The van der Waals surface area contributed by atoms with Gasteiger partial charge in [-0.05, 0) is 87.7 Å². The van der Waals surface area contributed by atoms with Crippen LogP contribution in [0.4, 0.5) is 29.3 Å². The largest absolute Gasteiger partial charge is 0.490 e. The van der Waals surface area contributed by atoms with E-state index in [0.717, 1.165) is 18.6 Å². The summed E-state index contributed by atoms with van der Waals surface area (Å²) in [6, 6.07) is 16.6. The molecule has 0 fully saturated rings. The lowest BCUT2D eigenvalue weighted by Crippen LogP contribution is -2.48. The smallest absolute Gasteiger partial charge is 0.416 e. The Balaban J connectivity index is 1.57. The Morgan fingerprint density at radius 3 is 2.34 bits per heavy atom. The van der Waals surface area contributed by atoms with Gasteiger partial charge in [0.15, 0.2) is 0 Å². The van der Waals surface area contributed by atoms with Crippen LogP contribution < -0.4 is 15.4 Å².